The van der Waals surface area contributed by atoms with Gasteiger partial charge < -0.3 is 4.74 Å². The van der Waals surface area contributed by atoms with Crippen molar-refractivity contribution in [2.45, 2.75) is 13.8 Å². The van der Waals surface area contributed by atoms with Crippen LogP contribution in [0.4, 0.5) is 0 Å². The molecule has 2 aromatic rings. The molecule has 0 saturated carbocycles. The maximum Gasteiger partial charge on any atom is 0.276 e. The fraction of sp³-hybridized carbons (Fsp3) is 0.158. The van der Waals surface area contributed by atoms with Crippen LogP contribution in [0.25, 0.3) is 6.08 Å². The van der Waals surface area contributed by atoms with Gasteiger partial charge in [0.2, 0.25) is 0 Å². The lowest BCUT2D eigenvalue weighted by Gasteiger charge is -2.09. The Morgan fingerprint density at radius 3 is 2.38 bits per heavy atom. The lowest BCUT2D eigenvalue weighted by atomic mass is 10.1. The van der Waals surface area contributed by atoms with E-state index in [0.29, 0.717) is 21.4 Å². The number of carbonyl (C=O) groups excluding carboxylic acids is 2. The molecule has 2 amide bonds. The summed E-state index contributed by atoms with van der Waals surface area (Å²) in [6.07, 6.45) is 2.77. The van der Waals surface area contributed by atoms with E-state index >= 15 is 0 Å². The van der Waals surface area contributed by atoms with E-state index in [-0.39, 0.29) is 6.61 Å². The van der Waals surface area contributed by atoms with Crippen LogP contribution < -0.4 is 15.6 Å². The van der Waals surface area contributed by atoms with Gasteiger partial charge >= 0.3 is 0 Å². The number of amides is 2. The molecule has 0 radical (unpaired) electrons. The van der Waals surface area contributed by atoms with E-state index in [1.54, 1.807) is 18.2 Å². The lowest BCUT2D eigenvalue weighted by molar-refractivity contribution is -0.128. The Kier molecular flexibility index (Phi) is 7.06. The molecule has 0 aliphatic heterocycles. The van der Waals surface area contributed by atoms with E-state index in [0.717, 1.165) is 11.1 Å². The number of aryl methyl sites for hydroxylation is 2. The Labute approximate surface area is 161 Å². The van der Waals surface area contributed by atoms with Gasteiger partial charge in [0.1, 0.15) is 5.75 Å². The number of hydrazine groups is 1. The zero-order valence-corrected chi connectivity index (χ0v) is 15.8. The molecule has 0 heterocycles. The van der Waals surface area contributed by atoms with Crippen LogP contribution in [0.5, 0.6) is 5.75 Å². The quantitative estimate of drug-likeness (QED) is 0.599. The van der Waals surface area contributed by atoms with Crippen molar-refractivity contribution in [1.29, 1.82) is 0 Å². The molecule has 0 unspecified atom stereocenters. The van der Waals surface area contributed by atoms with E-state index in [1.807, 2.05) is 32.0 Å². The highest BCUT2D eigenvalue weighted by atomic mass is 35.5. The molecule has 2 rings (SSSR count). The summed E-state index contributed by atoms with van der Waals surface area (Å²) < 4.78 is 5.41. The minimum Gasteiger partial charge on any atom is -0.484 e. The zero-order chi connectivity index (χ0) is 19.1. The molecule has 5 nitrogen and oxygen atoms in total. The van der Waals surface area contributed by atoms with Crippen molar-refractivity contribution in [3.05, 3.63) is 69.2 Å². The minimum absolute atomic E-state index is 0.212. The molecule has 0 atom stereocenters. The van der Waals surface area contributed by atoms with E-state index in [4.69, 9.17) is 27.9 Å². The molecule has 0 aliphatic carbocycles. The highest BCUT2D eigenvalue weighted by molar-refractivity contribution is 6.35. The number of benzene rings is 2. The lowest BCUT2D eigenvalue weighted by Crippen LogP contribution is -2.43. The highest BCUT2D eigenvalue weighted by Crippen LogP contribution is 2.21. The van der Waals surface area contributed by atoms with Gasteiger partial charge in [0.25, 0.3) is 11.8 Å². The first-order chi connectivity index (χ1) is 12.3. The van der Waals surface area contributed by atoms with Crippen LogP contribution in [-0.4, -0.2) is 18.4 Å². The van der Waals surface area contributed by atoms with Gasteiger partial charge in [-0.05, 0) is 60.9 Å². The average molecular weight is 393 g/mol. The molecule has 0 bridgehead atoms. The second-order valence-corrected chi connectivity index (χ2v) is 6.49. The first-order valence-corrected chi connectivity index (χ1v) is 8.52. The number of nitrogens with one attached hydrogen (secondary N) is 2. The first kappa shape index (κ1) is 19.8. The first-order valence-electron chi connectivity index (χ1n) is 7.76. The Bertz CT molecular complexity index is 830. The monoisotopic (exact) mass is 392 g/mol. The van der Waals surface area contributed by atoms with Crippen molar-refractivity contribution in [2.75, 3.05) is 6.61 Å². The maximum atomic E-state index is 11.7. The molecule has 26 heavy (non-hydrogen) atoms. The second-order valence-electron chi connectivity index (χ2n) is 5.65. The van der Waals surface area contributed by atoms with E-state index in [1.165, 1.54) is 12.2 Å². The zero-order valence-electron chi connectivity index (χ0n) is 14.3. The largest absolute Gasteiger partial charge is 0.484 e. The topological polar surface area (TPSA) is 67.4 Å². The summed E-state index contributed by atoms with van der Waals surface area (Å²) >= 11 is 11.8. The molecule has 7 heteroatoms. The summed E-state index contributed by atoms with van der Waals surface area (Å²) in [5, 5.41) is 0.931. The van der Waals surface area contributed by atoms with Gasteiger partial charge in [-0.3, -0.25) is 20.4 Å². The van der Waals surface area contributed by atoms with Gasteiger partial charge in [0.15, 0.2) is 6.61 Å². The Morgan fingerprint density at radius 2 is 1.73 bits per heavy atom. The number of ether oxygens (including phenoxy) is 1. The molecular formula is C19H18Cl2N2O3. The number of halogens is 2. The van der Waals surface area contributed by atoms with Gasteiger partial charge in [-0.25, -0.2) is 0 Å². The van der Waals surface area contributed by atoms with Crippen molar-refractivity contribution in [3.63, 3.8) is 0 Å². The molecule has 0 aromatic heterocycles. The molecule has 136 valence electrons. The maximum absolute atomic E-state index is 11.7. The van der Waals surface area contributed by atoms with Crippen LogP contribution in [-0.2, 0) is 9.59 Å². The van der Waals surface area contributed by atoms with E-state index < -0.39 is 11.8 Å². The Hall–Kier alpha value is -2.50. The van der Waals surface area contributed by atoms with Gasteiger partial charge in [0.05, 0.1) is 0 Å². The number of rotatable bonds is 5. The van der Waals surface area contributed by atoms with Crippen LogP contribution in [0.1, 0.15) is 16.7 Å². The minimum atomic E-state index is -0.504. The van der Waals surface area contributed by atoms with Gasteiger partial charge in [-0.15, -0.1) is 0 Å². The van der Waals surface area contributed by atoms with Crippen molar-refractivity contribution in [2.24, 2.45) is 0 Å². The fourth-order valence-electron chi connectivity index (χ4n) is 2.18. The third-order valence-electron chi connectivity index (χ3n) is 3.27. The summed E-state index contributed by atoms with van der Waals surface area (Å²) in [6.45, 7) is 3.68. The number of hydrogen-bond donors (Lipinski definition) is 2. The van der Waals surface area contributed by atoms with Crippen molar-refractivity contribution < 1.29 is 14.3 Å². The van der Waals surface area contributed by atoms with Crippen LogP contribution in [0.15, 0.2) is 42.5 Å². The van der Waals surface area contributed by atoms with E-state index in [9.17, 15) is 9.59 Å². The van der Waals surface area contributed by atoms with Gasteiger partial charge in [0, 0.05) is 16.1 Å². The second kappa shape index (κ2) is 9.27. The summed E-state index contributed by atoms with van der Waals surface area (Å²) in [5.41, 5.74) is 7.26. The third-order valence-corrected chi connectivity index (χ3v) is 3.83. The smallest absolute Gasteiger partial charge is 0.276 e. The molecule has 0 saturated heterocycles. The molecule has 0 spiro atoms. The summed E-state index contributed by atoms with van der Waals surface area (Å²) in [5.74, 6) is -0.382. The van der Waals surface area contributed by atoms with Crippen molar-refractivity contribution in [1.82, 2.24) is 10.9 Å². The van der Waals surface area contributed by atoms with Gasteiger partial charge in [-0.1, -0.05) is 35.3 Å². The van der Waals surface area contributed by atoms with Crippen LogP contribution in [0.3, 0.4) is 0 Å². The predicted octanol–water partition coefficient (Wildman–Crippen LogP) is 3.85. The summed E-state index contributed by atoms with van der Waals surface area (Å²) in [7, 11) is 0. The third kappa shape index (κ3) is 6.43. The molecular weight excluding hydrogens is 375 g/mol. The SMILES string of the molecule is Cc1cc(C)cc(OCC(=O)NNC(=O)/C=C/c2ccc(Cl)cc2Cl)c1. The fourth-order valence-corrected chi connectivity index (χ4v) is 2.65. The van der Waals surface area contributed by atoms with Crippen molar-refractivity contribution >= 4 is 41.1 Å². The van der Waals surface area contributed by atoms with Crippen LogP contribution >= 0.6 is 23.2 Å². The molecule has 2 aromatic carbocycles. The standard InChI is InChI=1S/C19H18Cl2N2O3/c1-12-7-13(2)9-16(8-12)26-11-19(25)23-22-18(24)6-4-14-3-5-15(20)10-17(14)21/h3-10H,11H2,1-2H3,(H,22,24)(H,23,25)/b6-4+. The number of hydrogen-bond acceptors (Lipinski definition) is 3. The average Bonchev–Trinajstić information content (AvgIpc) is 2.56. The number of carbonyl (C=O) groups is 2. The summed E-state index contributed by atoms with van der Waals surface area (Å²) in [6, 6.07) is 10.6. The normalized spacial score (nSPS) is 10.6. The molecule has 0 aliphatic rings. The van der Waals surface area contributed by atoms with Crippen LogP contribution in [0, 0.1) is 13.8 Å². The van der Waals surface area contributed by atoms with E-state index in [2.05, 4.69) is 10.9 Å². The molecule has 0 fully saturated rings. The van der Waals surface area contributed by atoms with Gasteiger partial charge in [-0.2, -0.15) is 0 Å². The Morgan fingerprint density at radius 1 is 1.04 bits per heavy atom. The summed E-state index contributed by atoms with van der Waals surface area (Å²) in [4.78, 5) is 23.5. The molecule has 2 N–H and O–H groups in total. The van der Waals surface area contributed by atoms with Crippen molar-refractivity contribution in [3.8, 4) is 5.75 Å². The highest BCUT2D eigenvalue weighted by Gasteiger charge is 2.05. The van der Waals surface area contributed by atoms with Crippen LogP contribution in [0.2, 0.25) is 10.0 Å². The Balaban J connectivity index is 1.79. The predicted molar refractivity (Wildman–Crippen MR) is 103 cm³/mol.